The lowest BCUT2D eigenvalue weighted by Gasteiger charge is -2.34. The summed E-state index contributed by atoms with van der Waals surface area (Å²) in [6.07, 6.45) is 1.72. The van der Waals surface area contributed by atoms with Gasteiger partial charge in [0.1, 0.15) is 5.82 Å². The van der Waals surface area contributed by atoms with Gasteiger partial charge in [-0.15, -0.1) is 0 Å². The highest BCUT2D eigenvalue weighted by Crippen LogP contribution is 2.21. The Hall–Kier alpha value is -1.95. The van der Waals surface area contributed by atoms with E-state index in [9.17, 15) is 14.0 Å². The van der Waals surface area contributed by atoms with Crippen molar-refractivity contribution in [2.24, 2.45) is 11.8 Å². The molecule has 1 aromatic carbocycles. The average Bonchev–Trinajstić information content (AvgIpc) is 2.54. The molecule has 0 aromatic heterocycles. The molecule has 0 bridgehead atoms. The summed E-state index contributed by atoms with van der Waals surface area (Å²) < 4.78 is 13.3. The highest BCUT2D eigenvalue weighted by molar-refractivity contribution is 5.79. The Kier molecular flexibility index (Phi) is 6.31. The van der Waals surface area contributed by atoms with Crippen molar-refractivity contribution in [3.8, 4) is 0 Å². The SMILES string of the molecule is CC(CN(C)C(=O)C1CCCN(Cc2cccc(F)c2)C1)C(=O)O. The first-order valence-corrected chi connectivity index (χ1v) is 8.31. The molecule has 1 saturated heterocycles. The van der Waals surface area contributed by atoms with Crippen molar-refractivity contribution in [2.75, 3.05) is 26.7 Å². The zero-order chi connectivity index (χ0) is 17.7. The molecule has 1 fully saturated rings. The number of likely N-dealkylation sites (tertiary alicyclic amines) is 1. The number of carbonyl (C=O) groups excluding carboxylic acids is 1. The Balaban J connectivity index is 1.92. The summed E-state index contributed by atoms with van der Waals surface area (Å²) in [5, 5.41) is 8.97. The van der Waals surface area contributed by atoms with Gasteiger partial charge in [0.2, 0.25) is 5.91 Å². The molecule has 5 nitrogen and oxygen atoms in total. The van der Waals surface area contributed by atoms with Gasteiger partial charge >= 0.3 is 5.97 Å². The second-order valence-corrected chi connectivity index (χ2v) is 6.66. The molecule has 2 atom stereocenters. The van der Waals surface area contributed by atoms with E-state index < -0.39 is 11.9 Å². The molecule has 2 unspecified atom stereocenters. The van der Waals surface area contributed by atoms with Crippen molar-refractivity contribution >= 4 is 11.9 Å². The fourth-order valence-electron chi connectivity index (χ4n) is 3.18. The fourth-order valence-corrected chi connectivity index (χ4v) is 3.18. The van der Waals surface area contributed by atoms with E-state index in [2.05, 4.69) is 4.90 Å². The lowest BCUT2D eigenvalue weighted by molar-refractivity contribution is -0.143. The molecule has 0 spiro atoms. The largest absolute Gasteiger partial charge is 0.481 e. The first-order chi connectivity index (χ1) is 11.4. The lowest BCUT2D eigenvalue weighted by Crippen LogP contribution is -2.44. The van der Waals surface area contributed by atoms with Gasteiger partial charge in [0.15, 0.2) is 0 Å². The van der Waals surface area contributed by atoms with Gasteiger partial charge in [0.25, 0.3) is 0 Å². The van der Waals surface area contributed by atoms with Crippen LogP contribution in [0.25, 0.3) is 0 Å². The molecule has 0 radical (unpaired) electrons. The molecule has 6 heteroatoms. The van der Waals surface area contributed by atoms with E-state index in [1.807, 2.05) is 6.07 Å². The minimum absolute atomic E-state index is 0.00737. The standard InChI is InChI=1S/C18H25FN2O3/c1-13(18(23)24)10-20(2)17(22)15-6-4-8-21(12-15)11-14-5-3-7-16(19)9-14/h3,5,7,9,13,15H,4,6,8,10-12H2,1-2H3,(H,23,24). The number of hydrogen-bond donors (Lipinski definition) is 1. The second-order valence-electron chi connectivity index (χ2n) is 6.66. The number of nitrogens with zero attached hydrogens (tertiary/aromatic N) is 2. The maximum absolute atomic E-state index is 13.3. The Morgan fingerprint density at radius 2 is 2.21 bits per heavy atom. The van der Waals surface area contributed by atoms with Crippen LogP contribution in [-0.2, 0) is 16.1 Å². The lowest BCUT2D eigenvalue weighted by atomic mass is 9.95. The molecule has 1 aliphatic rings. The average molecular weight is 336 g/mol. The van der Waals surface area contributed by atoms with Gasteiger partial charge < -0.3 is 10.0 Å². The van der Waals surface area contributed by atoms with Crippen LogP contribution in [0.1, 0.15) is 25.3 Å². The van der Waals surface area contributed by atoms with Crippen LogP contribution in [-0.4, -0.2) is 53.5 Å². The van der Waals surface area contributed by atoms with Gasteiger partial charge in [-0.25, -0.2) is 4.39 Å². The Bertz CT molecular complexity index is 593. The van der Waals surface area contributed by atoms with Crippen LogP contribution >= 0.6 is 0 Å². The normalized spacial score (nSPS) is 19.7. The van der Waals surface area contributed by atoms with Crippen LogP contribution in [0.4, 0.5) is 4.39 Å². The molecule has 1 amide bonds. The Morgan fingerprint density at radius 3 is 2.88 bits per heavy atom. The van der Waals surface area contributed by atoms with E-state index in [4.69, 9.17) is 5.11 Å². The summed E-state index contributed by atoms with van der Waals surface area (Å²) >= 11 is 0. The number of rotatable bonds is 6. The van der Waals surface area contributed by atoms with Crippen molar-refractivity contribution in [3.63, 3.8) is 0 Å². The molecule has 1 heterocycles. The number of carboxylic acid groups (broad SMARTS) is 1. The zero-order valence-electron chi connectivity index (χ0n) is 14.2. The first kappa shape index (κ1) is 18.4. The van der Waals surface area contributed by atoms with Crippen LogP contribution in [0.2, 0.25) is 0 Å². The molecule has 1 aromatic rings. The second kappa shape index (κ2) is 8.24. The monoisotopic (exact) mass is 336 g/mol. The summed E-state index contributed by atoms with van der Waals surface area (Å²) in [4.78, 5) is 27.2. The van der Waals surface area contributed by atoms with E-state index in [-0.39, 0.29) is 24.2 Å². The topological polar surface area (TPSA) is 60.9 Å². The van der Waals surface area contributed by atoms with Crippen molar-refractivity contribution in [1.82, 2.24) is 9.80 Å². The summed E-state index contributed by atoms with van der Waals surface area (Å²) in [6, 6.07) is 6.52. The van der Waals surface area contributed by atoms with E-state index in [1.54, 1.807) is 20.0 Å². The number of carboxylic acids is 1. The Morgan fingerprint density at radius 1 is 1.46 bits per heavy atom. The molecule has 0 saturated carbocycles. The zero-order valence-corrected chi connectivity index (χ0v) is 14.2. The van der Waals surface area contributed by atoms with E-state index in [0.29, 0.717) is 13.1 Å². The highest BCUT2D eigenvalue weighted by atomic mass is 19.1. The predicted molar refractivity (Wildman–Crippen MR) is 88.8 cm³/mol. The number of amides is 1. The molecular weight excluding hydrogens is 311 g/mol. The van der Waals surface area contributed by atoms with Crippen LogP contribution in [0.3, 0.4) is 0 Å². The van der Waals surface area contributed by atoms with Crippen molar-refractivity contribution in [1.29, 1.82) is 0 Å². The van der Waals surface area contributed by atoms with Crippen LogP contribution in [0.15, 0.2) is 24.3 Å². The van der Waals surface area contributed by atoms with Crippen molar-refractivity contribution < 1.29 is 19.1 Å². The van der Waals surface area contributed by atoms with Gasteiger partial charge in [0, 0.05) is 26.7 Å². The number of hydrogen-bond acceptors (Lipinski definition) is 3. The van der Waals surface area contributed by atoms with Crippen molar-refractivity contribution in [3.05, 3.63) is 35.6 Å². The first-order valence-electron chi connectivity index (χ1n) is 8.31. The maximum Gasteiger partial charge on any atom is 0.308 e. The van der Waals surface area contributed by atoms with E-state index in [1.165, 1.54) is 17.0 Å². The summed E-state index contributed by atoms with van der Waals surface area (Å²) in [7, 11) is 1.66. The van der Waals surface area contributed by atoms with Crippen LogP contribution < -0.4 is 0 Å². The van der Waals surface area contributed by atoms with Gasteiger partial charge in [-0.05, 0) is 37.1 Å². The summed E-state index contributed by atoms with van der Waals surface area (Å²) in [6.45, 7) is 3.95. The minimum Gasteiger partial charge on any atom is -0.481 e. The third kappa shape index (κ3) is 5.03. The number of benzene rings is 1. The summed E-state index contributed by atoms with van der Waals surface area (Å²) in [5.41, 5.74) is 0.899. The maximum atomic E-state index is 13.3. The molecule has 24 heavy (non-hydrogen) atoms. The smallest absolute Gasteiger partial charge is 0.308 e. The fraction of sp³-hybridized carbons (Fsp3) is 0.556. The van der Waals surface area contributed by atoms with E-state index >= 15 is 0 Å². The molecule has 1 N–H and O–H groups in total. The molecule has 0 aliphatic carbocycles. The molecular formula is C18H25FN2O3. The quantitative estimate of drug-likeness (QED) is 0.865. The third-order valence-corrected chi connectivity index (χ3v) is 4.50. The number of halogens is 1. The minimum atomic E-state index is -0.897. The number of aliphatic carboxylic acids is 1. The summed E-state index contributed by atoms with van der Waals surface area (Å²) in [5.74, 6) is -1.86. The number of piperidine rings is 1. The van der Waals surface area contributed by atoms with E-state index in [0.717, 1.165) is 24.9 Å². The third-order valence-electron chi connectivity index (χ3n) is 4.50. The van der Waals surface area contributed by atoms with Gasteiger partial charge in [-0.1, -0.05) is 19.1 Å². The Labute approximate surface area is 142 Å². The van der Waals surface area contributed by atoms with Gasteiger partial charge in [0.05, 0.1) is 11.8 Å². The van der Waals surface area contributed by atoms with Crippen LogP contribution in [0.5, 0.6) is 0 Å². The highest BCUT2D eigenvalue weighted by Gasteiger charge is 2.29. The van der Waals surface area contributed by atoms with Gasteiger partial charge in [-0.3, -0.25) is 14.5 Å². The molecule has 2 rings (SSSR count). The molecule has 1 aliphatic heterocycles. The predicted octanol–water partition coefficient (Wildman–Crippen LogP) is 2.22. The van der Waals surface area contributed by atoms with Gasteiger partial charge in [-0.2, -0.15) is 0 Å². The molecule has 132 valence electrons. The number of carbonyl (C=O) groups is 2. The van der Waals surface area contributed by atoms with Crippen molar-refractivity contribution in [2.45, 2.75) is 26.3 Å². The van der Waals surface area contributed by atoms with Crippen LogP contribution in [0, 0.1) is 17.7 Å².